The molecule has 2 nitrogen and oxygen atoms in total. The van der Waals surface area contributed by atoms with Gasteiger partial charge in [0.15, 0.2) is 7.14 Å². The van der Waals surface area contributed by atoms with Gasteiger partial charge in [-0.25, -0.2) is 0 Å². The molecule has 0 aromatic heterocycles. The highest BCUT2D eigenvalue weighted by Gasteiger charge is 2.27. The minimum Gasteiger partial charge on any atom is -0.373 e. The van der Waals surface area contributed by atoms with Crippen LogP contribution in [0.25, 0.3) is 0 Å². The van der Waals surface area contributed by atoms with Crippen molar-refractivity contribution in [2.75, 3.05) is 13.0 Å². The van der Waals surface area contributed by atoms with E-state index in [1.165, 1.54) is 0 Å². The first-order chi connectivity index (χ1) is 10.2. The van der Waals surface area contributed by atoms with Crippen molar-refractivity contribution in [2.45, 2.75) is 19.8 Å². The van der Waals surface area contributed by atoms with Gasteiger partial charge in [0, 0.05) is 22.2 Å². The predicted octanol–water partition coefficient (Wildman–Crippen LogP) is 4.43. The van der Waals surface area contributed by atoms with Crippen molar-refractivity contribution in [2.24, 2.45) is 0 Å². The fraction of sp³-hybridized carbons (Fsp3) is 0.294. The molecule has 1 atom stereocenters. The summed E-state index contributed by atoms with van der Waals surface area (Å²) >= 11 is 5.93. The molecule has 2 rings (SSSR count). The summed E-state index contributed by atoms with van der Waals surface area (Å²) in [6, 6.07) is 16.8. The molecule has 2 aromatic carbocycles. The van der Waals surface area contributed by atoms with E-state index in [9.17, 15) is 4.57 Å². The SMILES string of the molecule is CCCCOC[P@@](=O)(c1ccccc1)c1ccc(Cl)cc1. The van der Waals surface area contributed by atoms with Crippen molar-refractivity contribution in [3.05, 3.63) is 59.6 Å². The van der Waals surface area contributed by atoms with Crippen molar-refractivity contribution < 1.29 is 9.30 Å². The van der Waals surface area contributed by atoms with Gasteiger partial charge in [0.05, 0.1) is 0 Å². The molecule has 4 heteroatoms. The molecule has 21 heavy (non-hydrogen) atoms. The van der Waals surface area contributed by atoms with E-state index in [1.54, 1.807) is 12.1 Å². The largest absolute Gasteiger partial charge is 0.373 e. The molecule has 0 heterocycles. The lowest BCUT2D eigenvalue weighted by molar-refractivity contribution is 0.173. The lowest BCUT2D eigenvalue weighted by atomic mass is 10.4. The Labute approximate surface area is 131 Å². The third kappa shape index (κ3) is 4.20. The summed E-state index contributed by atoms with van der Waals surface area (Å²) < 4.78 is 19.2. The summed E-state index contributed by atoms with van der Waals surface area (Å²) in [5.41, 5.74) is 0. The van der Waals surface area contributed by atoms with Gasteiger partial charge in [-0.05, 0) is 30.7 Å². The van der Waals surface area contributed by atoms with Crippen LogP contribution in [0.3, 0.4) is 0 Å². The van der Waals surface area contributed by atoms with Gasteiger partial charge in [0.25, 0.3) is 0 Å². The van der Waals surface area contributed by atoms with Crippen molar-refractivity contribution in [3.63, 3.8) is 0 Å². The van der Waals surface area contributed by atoms with Crippen molar-refractivity contribution in [1.29, 1.82) is 0 Å². The summed E-state index contributed by atoms with van der Waals surface area (Å²) in [7, 11) is -2.76. The predicted molar refractivity (Wildman–Crippen MR) is 90.5 cm³/mol. The third-order valence-corrected chi connectivity index (χ3v) is 6.40. The van der Waals surface area contributed by atoms with Gasteiger partial charge in [0.2, 0.25) is 0 Å². The zero-order valence-electron chi connectivity index (χ0n) is 12.2. The van der Waals surface area contributed by atoms with Crippen LogP contribution in [0.5, 0.6) is 0 Å². The maximum Gasteiger partial charge on any atom is 0.167 e. The lowest BCUT2D eigenvalue weighted by Crippen LogP contribution is -2.20. The molecule has 0 spiro atoms. The summed E-state index contributed by atoms with van der Waals surface area (Å²) in [5.74, 6) is 0. The lowest BCUT2D eigenvalue weighted by Gasteiger charge is -2.19. The Morgan fingerprint density at radius 3 is 2.24 bits per heavy atom. The second-order valence-corrected chi connectivity index (χ2v) is 8.15. The van der Waals surface area contributed by atoms with Crippen LogP contribution in [0.1, 0.15) is 19.8 Å². The van der Waals surface area contributed by atoms with Crippen LogP contribution in [0.4, 0.5) is 0 Å². The summed E-state index contributed by atoms with van der Waals surface area (Å²) in [6.45, 7) is 2.75. The van der Waals surface area contributed by atoms with Crippen LogP contribution in [0.15, 0.2) is 54.6 Å². The molecule has 0 unspecified atom stereocenters. The number of rotatable bonds is 7. The fourth-order valence-electron chi connectivity index (χ4n) is 2.09. The van der Waals surface area contributed by atoms with E-state index in [0.29, 0.717) is 11.6 Å². The van der Waals surface area contributed by atoms with Crippen LogP contribution < -0.4 is 10.6 Å². The van der Waals surface area contributed by atoms with E-state index in [1.807, 2.05) is 42.5 Å². The minimum atomic E-state index is -2.76. The number of benzene rings is 2. The van der Waals surface area contributed by atoms with Crippen molar-refractivity contribution in [1.82, 2.24) is 0 Å². The molecule has 0 aliphatic heterocycles. The molecule has 0 saturated heterocycles. The summed E-state index contributed by atoms with van der Waals surface area (Å²) in [6.07, 6.45) is 2.28. The summed E-state index contributed by atoms with van der Waals surface area (Å²) in [4.78, 5) is 0. The van der Waals surface area contributed by atoms with Gasteiger partial charge in [-0.3, -0.25) is 0 Å². The van der Waals surface area contributed by atoms with Crippen molar-refractivity contribution in [3.8, 4) is 0 Å². The molecule has 0 radical (unpaired) electrons. The van der Waals surface area contributed by atoms with Crippen LogP contribution in [0.2, 0.25) is 5.02 Å². The van der Waals surface area contributed by atoms with E-state index >= 15 is 0 Å². The number of hydrogen-bond acceptors (Lipinski definition) is 2. The number of unbranched alkanes of at least 4 members (excludes halogenated alkanes) is 1. The molecule has 0 saturated carbocycles. The Balaban J connectivity index is 2.30. The van der Waals surface area contributed by atoms with Crippen molar-refractivity contribution >= 4 is 29.4 Å². The number of halogens is 1. The van der Waals surface area contributed by atoms with E-state index < -0.39 is 7.14 Å². The topological polar surface area (TPSA) is 26.3 Å². The first kappa shape index (κ1) is 16.3. The Morgan fingerprint density at radius 1 is 1.00 bits per heavy atom. The average molecular weight is 323 g/mol. The second kappa shape index (κ2) is 7.79. The van der Waals surface area contributed by atoms with E-state index in [0.717, 1.165) is 23.5 Å². The van der Waals surface area contributed by atoms with Gasteiger partial charge in [-0.15, -0.1) is 0 Å². The van der Waals surface area contributed by atoms with Gasteiger partial charge in [-0.1, -0.05) is 55.3 Å². The fourth-order valence-corrected chi connectivity index (χ4v) is 4.48. The second-order valence-electron chi connectivity index (χ2n) is 4.94. The van der Waals surface area contributed by atoms with E-state index in [2.05, 4.69) is 6.92 Å². The molecule has 0 N–H and O–H groups in total. The standard InChI is InChI=1S/C17H20ClO2P/c1-2-3-13-20-14-21(19,16-7-5-4-6-8-16)17-11-9-15(18)10-12-17/h4-12H,2-3,13-14H2,1H3/t21-/m1/s1. The number of ether oxygens (including phenoxy) is 1. The minimum absolute atomic E-state index is 0.235. The van der Waals surface area contributed by atoms with Crippen LogP contribution in [-0.2, 0) is 9.30 Å². The molecule has 0 aliphatic carbocycles. The summed E-state index contributed by atoms with van der Waals surface area (Å²) in [5, 5.41) is 2.25. The first-order valence-electron chi connectivity index (χ1n) is 7.15. The quantitative estimate of drug-likeness (QED) is 0.557. The smallest absolute Gasteiger partial charge is 0.167 e. The van der Waals surface area contributed by atoms with Gasteiger partial charge in [0.1, 0.15) is 6.35 Å². The molecule has 0 aliphatic rings. The van der Waals surface area contributed by atoms with Crippen LogP contribution >= 0.6 is 18.7 Å². The highest BCUT2D eigenvalue weighted by molar-refractivity contribution is 7.78. The van der Waals surface area contributed by atoms with E-state index in [4.69, 9.17) is 16.3 Å². The molecule has 0 bridgehead atoms. The maximum absolute atomic E-state index is 13.5. The highest BCUT2D eigenvalue weighted by atomic mass is 35.5. The highest BCUT2D eigenvalue weighted by Crippen LogP contribution is 2.43. The maximum atomic E-state index is 13.5. The molecule has 0 amide bonds. The Morgan fingerprint density at radius 2 is 1.62 bits per heavy atom. The molecular weight excluding hydrogens is 303 g/mol. The normalized spacial score (nSPS) is 13.8. The van der Waals surface area contributed by atoms with Gasteiger partial charge in [-0.2, -0.15) is 0 Å². The Hall–Kier alpha value is -1.08. The Bertz CT molecular complexity index is 596. The monoisotopic (exact) mass is 322 g/mol. The molecule has 0 fully saturated rings. The first-order valence-corrected chi connectivity index (χ1v) is 9.42. The van der Waals surface area contributed by atoms with Crippen LogP contribution in [0, 0.1) is 0 Å². The third-order valence-electron chi connectivity index (χ3n) is 3.33. The molecule has 112 valence electrons. The molecular formula is C17H20ClO2P. The van der Waals surface area contributed by atoms with Crippen LogP contribution in [-0.4, -0.2) is 13.0 Å². The average Bonchev–Trinajstić information content (AvgIpc) is 2.53. The zero-order valence-corrected chi connectivity index (χ0v) is 13.8. The number of hydrogen-bond donors (Lipinski definition) is 0. The van der Waals surface area contributed by atoms with E-state index in [-0.39, 0.29) is 6.35 Å². The Kier molecular flexibility index (Phi) is 6.05. The van der Waals surface area contributed by atoms with Gasteiger partial charge >= 0.3 is 0 Å². The zero-order chi connectivity index (χ0) is 15.1. The van der Waals surface area contributed by atoms with Gasteiger partial charge < -0.3 is 9.30 Å². The molecule has 2 aromatic rings.